The number of nitrogens with zero attached hydrogens (tertiary/aromatic N) is 3. The number of alkyl halides is 1. The number of rotatable bonds is 4. The Kier molecular flexibility index (Phi) is 3.57. The van der Waals surface area contributed by atoms with Crippen molar-refractivity contribution < 1.29 is 9.34 Å². The van der Waals surface area contributed by atoms with Crippen LogP contribution >= 0.6 is 11.6 Å². The summed E-state index contributed by atoms with van der Waals surface area (Å²) >= 11 is 5.56. The molecular formula is C11H10ClN3O3. The molecule has 1 aromatic carbocycles. The van der Waals surface area contributed by atoms with Gasteiger partial charge in [0.05, 0.1) is 4.92 Å². The van der Waals surface area contributed by atoms with E-state index in [9.17, 15) is 10.1 Å². The monoisotopic (exact) mass is 267 g/mol. The van der Waals surface area contributed by atoms with Gasteiger partial charge in [-0.1, -0.05) is 12.1 Å². The Labute approximate surface area is 108 Å². The SMILES string of the molecule is Cc1cccc(-c2nnc(CCCl)o2)c1[N+](=O)[O-]. The highest BCUT2D eigenvalue weighted by Gasteiger charge is 2.22. The van der Waals surface area contributed by atoms with Crippen molar-refractivity contribution in [2.45, 2.75) is 13.3 Å². The fourth-order valence-electron chi connectivity index (χ4n) is 1.62. The van der Waals surface area contributed by atoms with E-state index in [0.717, 1.165) is 0 Å². The zero-order valence-electron chi connectivity index (χ0n) is 9.59. The molecule has 0 aliphatic heterocycles. The van der Waals surface area contributed by atoms with Crippen molar-refractivity contribution in [3.63, 3.8) is 0 Å². The van der Waals surface area contributed by atoms with Gasteiger partial charge < -0.3 is 4.42 Å². The molecule has 2 aromatic rings. The van der Waals surface area contributed by atoms with E-state index < -0.39 is 4.92 Å². The minimum absolute atomic E-state index is 0.0152. The van der Waals surface area contributed by atoms with Crippen LogP contribution in [-0.2, 0) is 6.42 Å². The van der Waals surface area contributed by atoms with Crippen LogP contribution in [0.25, 0.3) is 11.5 Å². The van der Waals surface area contributed by atoms with Gasteiger partial charge in [-0.2, -0.15) is 0 Å². The number of hydrogen-bond acceptors (Lipinski definition) is 5. The third kappa shape index (κ3) is 2.33. The van der Waals surface area contributed by atoms with Crippen LogP contribution in [0.4, 0.5) is 5.69 Å². The predicted octanol–water partition coefficient (Wildman–Crippen LogP) is 2.73. The molecule has 0 radical (unpaired) electrons. The summed E-state index contributed by atoms with van der Waals surface area (Å²) in [6, 6.07) is 4.96. The van der Waals surface area contributed by atoms with Crippen LogP contribution in [-0.4, -0.2) is 21.0 Å². The lowest BCUT2D eigenvalue weighted by molar-refractivity contribution is -0.384. The van der Waals surface area contributed by atoms with Gasteiger partial charge >= 0.3 is 0 Å². The van der Waals surface area contributed by atoms with Crippen molar-refractivity contribution in [1.82, 2.24) is 10.2 Å². The Bertz CT molecular complexity index is 583. The molecule has 0 saturated carbocycles. The van der Waals surface area contributed by atoms with Crippen LogP contribution in [0, 0.1) is 17.0 Å². The highest BCUT2D eigenvalue weighted by atomic mass is 35.5. The van der Waals surface area contributed by atoms with E-state index in [1.165, 1.54) is 0 Å². The maximum absolute atomic E-state index is 11.0. The van der Waals surface area contributed by atoms with E-state index in [2.05, 4.69) is 10.2 Å². The van der Waals surface area contributed by atoms with Crippen LogP contribution in [0.15, 0.2) is 22.6 Å². The molecule has 0 N–H and O–H groups in total. The number of benzene rings is 1. The summed E-state index contributed by atoms with van der Waals surface area (Å²) in [4.78, 5) is 10.6. The fraction of sp³-hybridized carbons (Fsp3) is 0.273. The first-order chi connectivity index (χ1) is 8.63. The van der Waals surface area contributed by atoms with Crippen molar-refractivity contribution in [1.29, 1.82) is 0 Å². The lowest BCUT2D eigenvalue weighted by Gasteiger charge is -2.00. The van der Waals surface area contributed by atoms with E-state index in [1.807, 2.05) is 0 Å². The molecule has 18 heavy (non-hydrogen) atoms. The molecule has 0 aliphatic rings. The Hall–Kier alpha value is -1.95. The first kappa shape index (κ1) is 12.5. The predicted molar refractivity (Wildman–Crippen MR) is 65.5 cm³/mol. The van der Waals surface area contributed by atoms with Crippen LogP contribution < -0.4 is 0 Å². The Morgan fingerprint density at radius 2 is 2.22 bits per heavy atom. The number of para-hydroxylation sites is 1. The summed E-state index contributed by atoms with van der Waals surface area (Å²) in [5.41, 5.74) is 0.862. The van der Waals surface area contributed by atoms with Gasteiger partial charge in [-0.05, 0) is 13.0 Å². The highest BCUT2D eigenvalue weighted by Crippen LogP contribution is 2.31. The fourth-order valence-corrected chi connectivity index (χ4v) is 1.78. The van der Waals surface area contributed by atoms with Gasteiger partial charge in [-0.15, -0.1) is 21.8 Å². The summed E-state index contributed by atoms with van der Waals surface area (Å²) in [5, 5.41) is 18.6. The Balaban J connectivity index is 2.49. The number of halogens is 1. The molecule has 2 rings (SSSR count). The van der Waals surface area contributed by atoms with Crippen LogP contribution in [0.3, 0.4) is 0 Å². The smallest absolute Gasteiger partial charge is 0.284 e. The van der Waals surface area contributed by atoms with Gasteiger partial charge in [0, 0.05) is 17.9 Å². The normalized spacial score (nSPS) is 10.6. The quantitative estimate of drug-likeness (QED) is 0.483. The first-order valence-electron chi connectivity index (χ1n) is 5.26. The molecule has 1 heterocycles. The van der Waals surface area contributed by atoms with Crippen molar-refractivity contribution >= 4 is 17.3 Å². The molecule has 0 amide bonds. The minimum Gasteiger partial charge on any atom is -0.420 e. The second-order valence-corrected chi connectivity index (χ2v) is 4.05. The average Bonchev–Trinajstić information content (AvgIpc) is 2.77. The van der Waals surface area contributed by atoms with Crippen molar-refractivity contribution in [2.24, 2.45) is 0 Å². The Morgan fingerprint density at radius 3 is 2.89 bits per heavy atom. The van der Waals surface area contributed by atoms with E-state index >= 15 is 0 Å². The van der Waals surface area contributed by atoms with Crippen LogP contribution in [0.5, 0.6) is 0 Å². The van der Waals surface area contributed by atoms with Crippen LogP contribution in [0.2, 0.25) is 0 Å². The number of nitro groups is 1. The second-order valence-electron chi connectivity index (χ2n) is 3.67. The molecule has 0 spiro atoms. The van der Waals surface area contributed by atoms with Crippen LogP contribution in [0.1, 0.15) is 11.5 Å². The minimum atomic E-state index is -0.448. The van der Waals surface area contributed by atoms with E-state index in [0.29, 0.717) is 29.3 Å². The lowest BCUT2D eigenvalue weighted by Crippen LogP contribution is -1.95. The third-order valence-corrected chi connectivity index (χ3v) is 2.61. The topological polar surface area (TPSA) is 82.1 Å². The van der Waals surface area contributed by atoms with Gasteiger partial charge in [0.2, 0.25) is 5.89 Å². The zero-order valence-corrected chi connectivity index (χ0v) is 10.3. The maximum Gasteiger partial charge on any atom is 0.284 e. The number of aromatic nitrogens is 2. The molecule has 0 atom stereocenters. The maximum atomic E-state index is 11.0. The van der Waals surface area contributed by atoms with Crippen molar-refractivity contribution in [3.8, 4) is 11.5 Å². The molecule has 1 aromatic heterocycles. The molecular weight excluding hydrogens is 258 g/mol. The summed E-state index contributed by atoms with van der Waals surface area (Å²) in [6.07, 6.45) is 0.439. The molecule has 0 unspecified atom stereocenters. The second kappa shape index (κ2) is 5.14. The average molecular weight is 268 g/mol. The van der Waals surface area contributed by atoms with Gasteiger partial charge in [-0.3, -0.25) is 10.1 Å². The lowest BCUT2D eigenvalue weighted by atomic mass is 10.1. The summed E-state index contributed by atoms with van der Waals surface area (Å²) in [7, 11) is 0. The van der Waals surface area contributed by atoms with Gasteiger partial charge in [0.15, 0.2) is 0 Å². The molecule has 7 heteroatoms. The molecule has 94 valence electrons. The van der Waals surface area contributed by atoms with Gasteiger partial charge in [0.1, 0.15) is 5.56 Å². The van der Waals surface area contributed by atoms with E-state index in [1.54, 1.807) is 25.1 Å². The van der Waals surface area contributed by atoms with Crippen molar-refractivity contribution in [3.05, 3.63) is 39.8 Å². The number of hydrogen-bond donors (Lipinski definition) is 0. The van der Waals surface area contributed by atoms with E-state index in [4.69, 9.17) is 16.0 Å². The zero-order chi connectivity index (χ0) is 13.1. The number of nitro benzene ring substituents is 1. The van der Waals surface area contributed by atoms with Crippen molar-refractivity contribution in [2.75, 3.05) is 5.88 Å². The Morgan fingerprint density at radius 1 is 1.44 bits per heavy atom. The number of aryl methyl sites for hydroxylation is 2. The molecule has 6 nitrogen and oxygen atoms in total. The van der Waals surface area contributed by atoms with Gasteiger partial charge in [-0.25, -0.2) is 0 Å². The standard InChI is InChI=1S/C11H10ClN3O3/c1-7-3-2-4-8(10(7)15(16)17)11-14-13-9(18-11)5-6-12/h2-4H,5-6H2,1H3. The largest absolute Gasteiger partial charge is 0.420 e. The summed E-state index contributed by atoms with van der Waals surface area (Å²) in [6.45, 7) is 1.66. The summed E-state index contributed by atoms with van der Waals surface area (Å²) < 4.78 is 5.34. The van der Waals surface area contributed by atoms with E-state index in [-0.39, 0.29) is 11.6 Å². The molecule has 0 saturated heterocycles. The summed E-state index contributed by atoms with van der Waals surface area (Å²) in [5.74, 6) is 0.874. The molecule has 0 aliphatic carbocycles. The third-order valence-electron chi connectivity index (χ3n) is 2.43. The van der Waals surface area contributed by atoms with Gasteiger partial charge in [0.25, 0.3) is 11.6 Å². The highest BCUT2D eigenvalue weighted by molar-refractivity contribution is 6.17. The molecule has 0 bridgehead atoms. The first-order valence-corrected chi connectivity index (χ1v) is 5.79. The molecule has 0 fully saturated rings.